The molecule has 1 fully saturated rings. The third-order valence-electron chi connectivity index (χ3n) is 3.20. The van der Waals surface area contributed by atoms with E-state index in [0.717, 1.165) is 25.7 Å². The van der Waals surface area contributed by atoms with Crippen LogP contribution in [0, 0.1) is 17.1 Å². The molecule has 17 heavy (non-hydrogen) atoms. The molecule has 0 saturated heterocycles. The summed E-state index contributed by atoms with van der Waals surface area (Å²) >= 11 is 0. The molecule has 0 bridgehead atoms. The number of nitriles is 1. The monoisotopic (exact) mass is 234 g/mol. The van der Waals surface area contributed by atoms with Gasteiger partial charge in [0.2, 0.25) is 0 Å². The molecule has 90 valence electrons. The van der Waals surface area contributed by atoms with Gasteiger partial charge in [-0.1, -0.05) is 18.9 Å². The van der Waals surface area contributed by atoms with E-state index in [4.69, 9.17) is 5.26 Å². The normalized spacial score (nSPS) is 24.1. The zero-order chi connectivity index (χ0) is 12.3. The zero-order valence-electron chi connectivity index (χ0n) is 9.49. The molecule has 0 unspecified atom stereocenters. The number of nitrogens with zero attached hydrogens (tertiary/aromatic N) is 1. The SMILES string of the molecule is N#Cc1c(F)cccc1N[C@H]1CCCC[C@@H]1O. The second kappa shape index (κ2) is 5.15. The van der Waals surface area contributed by atoms with Gasteiger partial charge in [-0.3, -0.25) is 0 Å². The van der Waals surface area contributed by atoms with Crippen LogP contribution in [0.25, 0.3) is 0 Å². The molecule has 0 aromatic heterocycles. The average molecular weight is 234 g/mol. The van der Waals surface area contributed by atoms with Gasteiger partial charge in [-0.05, 0) is 25.0 Å². The van der Waals surface area contributed by atoms with Crippen LogP contribution in [-0.2, 0) is 0 Å². The predicted octanol–water partition coefficient (Wildman–Crippen LogP) is 2.41. The quantitative estimate of drug-likeness (QED) is 0.826. The molecule has 2 atom stereocenters. The first kappa shape index (κ1) is 11.9. The van der Waals surface area contributed by atoms with Crippen LogP contribution < -0.4 is 5.32 Å². The lowest BCUT2D eigenvalue weighted by atomic mass is 9.92. The Bertz CT molecular complexity index is 442. The van der Waals surface area contributed by atoms with E-state index < -0.39 is 11.9 Å². The minimum atomic E-state index is -0.525. The number of aliphatic hydroxyl groups is 1. The highest BCUT2D eigenvalue weighted by atomic mass is 19.1. The molecular formula is C13H15FN2O. The largest absolute Gasteiger partial charge is 0.391 e. The fraction of sp³-hybridized carbons (Fsp3) is 0.462. The Morgan fingerprint density at radius 3 is 2.82 bits per heavy atom. The third kappa shape index (κ3) is 2.56. The molecule has 0 aliphatic heterocycles. The molecule has 1 aliphatic rings. The summed E-state index contributed by atoms with van der Waals surface area (Å²) in [4.78, 5) is 0. The summed E-state index contributed by atoms with van der Waals surface area (Å²) < 4.78 is 13.4. The van der Waals surface area contributed by atoms with Crippen LogP contribution in [0.4, 0.5) is 10.1 Å². The summed E-state index contributed by atoms with van der Waals surface area (Å²) in [6, 6.07) is 6.26. The smallest absolute Gasteiger partial charge is 0.143 e. The van der Waals surface area contributed by atoms with Crippen molar-refractivity contribution in [2.45, 2.75) is 37.8 Å². The van der Waals surface area contributed by atoms with E-state index in [1.807, 2.05) is 6.07 Å². The van der Waals surface area contributed by atoms with E-state index in [1.165, 1.54) is 6.07 Å². The lowest BCUT2D eigenvalue weighted by Gasteiger charge is -2.29. The molecule has 1 saturated carbocycles. The number of rotatable bonds is 2. The number of hydrogen-bond acceptors (Lipinski definition) is 3. The van der Waals surface area contributed by atoms with Gasteiger partial charge >= 0.3 is 0 Å². The highest BCUT2D eigenvalue weighted by Gasteiger charge is 2.23. The maximum Gasteiger partial charge on any atom is 0.143 e. The Kier molecular flexibility index (Phi) is 3.60. The first-order chi connectivity index (χ1) is 8.22. The van der Waals surface area contributed by atoms with Gasteiger partial charge in [-0.15, -0.1) is 0 Å². The summed E-state index contributed by atoms with van der Waals surface area (Å²) in [5, 5.41) is 21.8. The van der Waals surface area contributed by atoms with Crippen LogP contribution in [0.3, 0.4) is 0 Å². The zero-order valence-corrected chi connectivity index (χ0v) is 9.49. The molecule has 0 spiro atoms. The fourth-order valence-electron chi connectivity index (χ4n) is 2.24. The van der Waals surface area contributed by atoms with Gasteiger partial charge in [-0.25, -0.2) is 4.39 Å². The second-order valence-corrected chi connectivity index (χ2v) is 4.38. The number of hydrogen-bond donors (Lipinski definition) is 2. The van der Waals surface area contributed by atoms with Gasteiger partial charge in [0, 0.05) is 0 Å². The van der Waals surface area contributed by atoms with Gasteiger partial charge < -0.3 is 10.4 Å². The van der Waals surface area contributed by atoms with Crippen LogP contribution in [0.5, 0.6) is 0 Å². The molecule has 0 heterocycles. The van der Waals surface area contributed by atoms with Crippen molar-refractivity contribution in [3.8, 4) is 6.07 Å². The van der Waals surface area contributed by atoms with Gasteiger partial charge in [0.25, 0.3) is 0 Å². The Balaban J connectivity index is 2.18. The Labute approximate surface area is 99.9 Å². The topological polar surface area (TPSA) is 56.0 Å². The van der Waals surface area contributed by atoms with Crippen LogP contribution in [0.2, 0.25) is 0 Å². The van der Waals surface area contributed by atoms with Crippen molar-refractivity contribution in [2.24, 2.45) is 0 Å². The number of aliphatic hydroxyl groups excluding tert-OH is 1. The second-order valence-electron chi connectivity index (χ2n) is 4.38. The number of benzene rings is 1. The van der Waals surface area contributed by atoms with E-state index in [0.29, 0.717) is 5.69 Å². The highest BCUT2D eigenvalue weighted by molar-refractivity contribution is 5.58. The lowest BCUT2D eigenvalue weighted by molar-refractivity contribution is 0.116. The van der Waals surface area contributed by atoms with Crippen molar-refractivity contribution < 1.29 is 9.50 Å². The first-order valence-corrected chi connectivity index (χ1v) is 5.85. The molecule has 0 amide bonds. The summed E-state index contributed by atoms with van der Waals surface area (Å²) in [6.07, 6.45) is 3.26. The molecule has 1 aromatic rings. The summed E-state index contributed by atoms with van der Waals surface area (Å²) in [6.45, 7) is 0. The van der Waals surface area contributed by atoms with Crippen LogP contribution in [-0.4, -0.2) is 17.3 Å². The van der Waals surface area contributed by atoms with Crippen LogP contribution >= 0.6 is 0 Å². The van der Waals surface area contributed by atoms with Gasteiger partial charge in [-0.2, -0.15) is 5.26 Å². The van der Waals surface area contributed by atoms with E-state index in [-0.39, 0.29) is 11.6 Å². The summed E-state index contributed by atoms with van der Waals surface area (Å²) in [5.74, 6) is -0.525. The molecular weight excluding hydrogens is 219 g/mol. The van der Waals surface area contributed by atoms with Gasteiger partial charge in [0.05, 0.1) is 17.8 Å². The molecule has 4 heteroatoms. The minimum Gasteiger partial charge on any atom is -0.391 e. The summed E-state index contributed by atoms with van der Waals surface area (Å²) in [5.41, 5.74) is 0.490. The van der Waals surface area contributed by atoms with Gasteiger partial charge in [0.15, 0.2) is 0 Å². The fourth-order valence-corrected chi connectivity index (χ4v) is 2.24. The van der Waals surface area contributed by atoms with E-state index >= 15 is 0 Å². The molecule has 1 aromatic carbocycles. The van der Waals surface area contributed by atoms with Crippen molar-refractivity contribution in [1.82, 2.24) is 0 Å². The van der Waals surface area contributed by atoms with E-state index in [2.05, 4.69) is 5.32 Å². The van der Waals surface area contributed by atoms with Crippen molar-refractivity contribution >= 4 is 5.69 Å². The minimum absolute atomic E-state index is 0.0188. The van der Waals surface area contributed by atoms with Crippen LogP contribution in [0.1, 0.15) is 31.2 Å². The molecule has 2 N–H and O–H groups in total. The Morgan fingerprint density at radius 1 is 1.35 bits per heavy atom. The van der Waals surface area contributed by atoms with E-state index in [1.54, 1.807) is 12.1 Å². The van der Waals surface area contributed by atoms with Crippen molar-refractivity contribution in [3.63, 3.8) is 0 Å². The van der Waals surface area contributed by atoms with Gasteiger partial charge in [0.1, 0.15) is 17.4 Å². The highest BCUT2D eigenvalue weighted by Crippen LogP contribution is 2.25. The van der Waals surface area contributed by atoms with Crippen molar-refractivity contribution in [3.05, 3.63) is 29.6 Å². The maximum atomic E-state index is 13.4. The predicted molar refractivity (Wildman–Crippen MR) is 63.0 cm³/mol. The number of halogens is 1. The van der Waals surface area contributed by atoms with Crippen molar-refractivity contribution in [2.75, 3.05) is 5.32 Å². The first-order valence-electron chi connectivity index (χ1n) is 5.85. The molecule has 3 nitrogen and oxygen atoms in total. The Morgan fingerprint density at radius 2 is 2.12 bits per heavy atom. The summed E-state index contributed by atoms with van der Waals surface area (Å²) in [7, 11) is 0. The van der Waals surface area contributed by atoms with E-state index in [9.17, 15) is 9.50 Å². The molecule has 1 aliphatic carbocycles. The molecule has 2 rings (SSSR count). The number of anilines is 1. The lowest BCUT2D eigenvalue weighted by Crippen LogP contribution is -2.36. The average Bonchev–Trinajstić information content (AvgIpc) is 2.32. The maximum absolute atomic E-state index is 13.4. The number of nitrogens with one attached hydrogen (secondary N) is 1. The Hall–Kier alpha value is -1.60. The van der Waals surface area contributed by atoms with Crippen LogP contribution in [0.15, 0.2) is 18.2 Å². The van der Waals surface area contributed by atoms with Crippen molar-refractivity contribution in [1.29, 1.82) is 5.26 Å². The third-order valence-corrected chi connectivity index (χ3v) is 3.20. The standard InChI is InChI=1S/C13H15FN2O/c14-10-4-3-6-11(9(10)8-15)16-12-5-1-2-7-13(12)17/h3-4,6,12-13,16-17H,1-2,5,7H2/t12-,13-/m0/s1. The molecule has 0 radical (unpaired) electrons.